The second kappa shape index (κ2) is 6.83. The summed E-state index contributed by atoms with van der Waals surface area (Å²) in [6, 6.07) is 7.99. The van der Waals surface area contributed by atoms with Gasteiger partial charge in [-0.15, -0.1) is 0 Å². The number of para-hydroxylation sites is 1. The number of anilines is 2. The van der Waals surface area contributed by atoms with Crippen LogP contribution in [0.15, 0.2) is 35.3 Å². The Morgan fingerprint density at radius 3 is 3.09 bits per heavy atom. The molecule has 0 atom stereocenters. The third kappa shape index (κ3) is 3.37. The van der Waals surface area contributed by atoms with Gasteiger partial charge in [0.05, 0.1) is 11.9 Å². The van der Waals surface area contributed by atoms with Gasteiger partial charge < -0.3 is 10.2 Å². The van der Waals surface area contributed by atoms with E-state index < -0.39 is 5.56 Å². The molecule has 3 rings (SSSR count). The van der Waals surface area contributed by atoms with Crippen LogP contribution in [-0.2, 0) is 11.2 Å². The van der Waals surface area contributed by atoms with Crippen molar-refractivity contribution in [2.45, 2.75) is 19.3 Å². The van der Waals surface area contributed by atoms with Crippen molar-refractivity contribution in [1.29, 1.82) is 0 Å². The highest BCUT2D eigenvalue weighted by Gasteiger charge is 2.21. The molecule has 120 valence electrons. The van der Waals surface area contributed by atoms with E-state index in [-0.39, 0.29) is 10.9 Å². The van der Waals surface area contributed by atoms with Crippen molar-refractivity contribution in [2.24, 2.45) is 0 Å². The van der Waals surface area contributed by atoms with Crippen molar-refractivity contribution >= 4 is 28.9 Å². The monoisotopic (exact) mass is 332 g/mol. The van der Waals surface area contributed by atoms with Crippen molar-refractivity contribution in [3.8, 4) is 0 Å². The van der Waals surface area contributed by atoms with Gasteiger partial charge in [-0.2, -0.15) is 5.10 Å². The zero-order valence-electron chi connectivity index (χ0n) is 12.5. The number of rotatable bonds is 4. The number of aromatic amines is 1. The molecule has 1 aliphatic rings. The highest BCUT2D eigenvalue weighted by molar-refractivity contribution is 6.32. The molecule has 0 saturated carbocycles. The number of amides is 1. The Kier molecular flexibility index (Phi) is 4.62. The third-order valence-electron chi connectivity index (χ3n) is 3.86. The normalized spacial score (nSPS) is 13.5. The van der Waals surface area contributed by atoms with E-state index in [0.717, 1.165) is 25.1 Å². The number of H-pyrrole nitrogens is 1. The zero-order chi connectivity index (χ0) is 16.2. The molecule has 1 aliphatic heterocycles. The van der Waals surface area contributed by atoms with Crippen molar-refractivity contribution < 1.29 is 4.79 Å². The predicted molar refractivity (Wildman–Crippen MR) is 90.1 cm³/mol. The minimum Gasteiger partial charge on any atom is -0.382 e. The van der Waals surface area contributed by atoms with Crippen LogP contribution in [0.2, 0.25) is 5.02 Å². The molecule has 1 aromatic carbocycles. The summed E-state index contributed by atoms with van der Waals surface area (Å²) < 4.78 is 0. The molecule has 2 heterocycles. The summed E-state index contributed by atoms with van der Waals surface area (Å²) >= 11 is 5.88. The first kappa shape index (κ1) is 15.6. The van der Waals surface area contributed by atoms with Gasteiger partial charge in [-0.25, -0.2) is 5.10 Å². The van der Waals surface area contributed by atoms with Crippen molar-refractivity contribution in [3.63, 3.8) is 0 Å². The van der Waals surface area contributed by atoms with E-state index in [1.165, 1.54) is 11.8 Å². The van der Waals surface area contributed by atoms with E-state index in [1.807, 2.05) is 23.1 Å². The molecule has 0 aliphatic carbocycles. The Bertz CT molecular complexity index is 775. The van der Waals surface area contributed by atoms with Crippen molar-refractivity contribution in [3.05, 3.63) is 51.4 Å². The quantitative estimate of drug-likeness (QED) is 0.899. The van der Waals surface area contributed by atoms with Gasteiger partial charge >= 0.3 is 0 Å². The van der Waals surface area contributed by atoms with Gasteiger partial charge in [-0.1, -0.05) is 29.8 Å². The first-order valence-corrected chi connectivity index (χ1v) is 7.90. The summed E-state index contributed by atoms with van der Waals surface area (Å²) in [5.74, 6) is 0.0542. The van der Waals surface area contributed by atoms with Crippen molar-refractivity contribution in [1.82, 2.24) is 10.2 Å². The van der Waals surface area contributed by atoms with Gasteiger partial charge in [-0.3, -0.25) is 9.59 Å². The van der Waals surface area contributed by atoms with Gasteiger partial charge in [0.15, 0.2) is 0 Å². The topological polar surface area (TPSA) is 78.1 Å². The summed E-state index contributed by atoms with van der Waals surface area (Å²) in [4.78, 5) is 25.7. The molecule has 23 heavy (non-hydrogen) atoms. The number of carbonyl (C=O) groups is 1. The maximum atomic E-state index is 12.5. The first-order valence-electron chi connectivity index (χ1n) is 7.52. The number of hydrogen-bond donors (Lipinski definition) is 2. The lowest BCUT2D eigenvalue weighted by atomic mass is 10.0. The Labute approximate surface area is 138 Å². The number of fused-ring (bicyclic) bond motifs is 1. The molecule has 1 aromatic heterocycles. The van der Waals surface area contributed by atoms with Crippen LogP contribution in [0.3, 0.4) is 0 Å². The van der Waals surface area contributed by atoms with Crippen LogP contribution in [0.4, 0.5) is 11.4 Å². The fourth-order valence-electron chi connectivity index (χ4n) is 2.74. The third-order valence-corrected chi connectivity index (χ3v) is 4.24. The zero-order valence-corrected chi connectivity index (χ0v) is 13.3. The Morgan fingerprint density at radius 2 is 2.22 bits per heavy atom. The number of aromatic nitrogens is 2. The molecule has 2 N–H and O–H groups in total. The molecule has 1 amide bonds. The minimum absolute atomic E-state index is 0.0516. The smallest absolute Gasteiger partial charge is 0.285 e. The predicted octanol–water partition coefficient (Wildman–Crippen LogP) is 2.20. The van der Waals surface area contributed by atoms with Crippen LogP contribution >= 0.6 is 11.6 Å². The molecular formula is C16H17ClN4O2. The highest BCUT2D eigenvalue weighted by atomic mass is 35.5. The molecule has 0 spiro atoms. The molecule has 2 aromatic rings. The molecule has 0 radical (unpaired) electrons. The molecule has 7 heteroatoms. The maximum absolute atomic E-state index is 12.5. The van der Waals surface area contributed by atoms with Crippen LogP contribution in [0.25, 0.3) is 0 Å². The van der Waals surface area contributed by atoms with Crippen LogP contribution < -0.4 is 15.8 Å². The SMILES string of the molecule is O=C(CCNc1cn[nH]c(=O)c1Cl)N1CCCc2ccccc21. The fourth-order valence-corrected chi connectivity index (χ4v) is 2.90. The molecule has 6 nitrogen and oxygen atoms in total. The second-order valence-electron chi connectivity index (χ2n) is 5.38. The van der Waals surface area contributed by atoms with Gasteiger partial charge in [0.25, 0.3) is 5.56 Å². The second-order valence-corrected chi connectivity index (χ2v) is 5.76. The average molecular weight is 333 g/mol. The lowest BCUT2D eigenvalue weighted by molar-refractivity contribution is -0.118. The average Bonchev–Trinajstić information content (AvgIpc) is 2.58. The largest absolute Gasteiger partial charge is 0.382 e. The summed E-state index contributed by atoms with van der Waals surface area (Å²) in [5.41, 5.74) is 2.19. The molecule has 0 unspecified atom stereocenters. The number of nitrogens with one attached hydrogen (secondary N) is 2. The summed E-state index contributed by atoms with van der Waals surface area (Å²) in [6.07, 6.45) is 3.73. The summed E-state index contributed by atoms with van der Waals surface area (Å²) in [6.45, 7) is 1.13. The van der Waals surface area contributed by atoms with Gasteiger partial charge in [-0.05, 0) is 24.5 Å². The van der Waals surface area contributed by atoms with Crippen LogP contribution in [0.1, 0.15) is 18.4 Å². The van der Waals surface area contributed by atoms with E-state index in [4.69, 9.17) is 11.6 Å². The van der Waals surface area contributed by atoms with Crippen molar-refractivity contribution in [2.75, 3.05) is 23.3 Å². The van der Waals surface area contributed by atoms with Crippen LogP contribution in [0, 0.1) is 0 Å². The highest BCUT2D eigenvalue weighted by Crippen LogP contribution is 2.27. The van der Waals surface area contributed by atoms with Crippen LogP contribution in [-0.4, -0.2) is 29.2 Å². The number of halogens is 1. The maximum Gasteiger partial charge on any atom is 0.285 e. The van der Waals surface area contributed by atoms with E-state index in [9.17, 15) is 9.59 Å². The minimum atomic E-state index is -0.451. The molecular weight excluding hydrogens is 316 g/mol. The lowest BCUT2D eigenvalue weighted by Crippen LogP contribution is -2.36. The molecule has 0 bridgehead atoms. The lowest BCUT2D eigenvalue weighted by Gasteiger charge is -2.29. The molecule has 0 fully saturated rings. The fraction of sp³-hybridized carbons (Fsp3) is 0.312. The Balaban J connectivity index is 1.62. The Morgan fingerprint density at radius 1 is 1.39 bits per heavy atom. The Hall–Kier alpha value is -2.34. The number of benzene rings is 1. The van der Waals surface area contributed by atoms with E-state index >= 15 is 0 Å². The van der Waals surface area contributed by atoms with Crippen LogP contribution in [0.5, 0.6) is 0 Å². The van der Waals surface area contributed by atoms with Gasteiger partial charge in [0.1, 0.15) is 5.02 Å². The number of carbonyl (C=O) groups excluding carboxylic acids is 1. The van der Waals surface area contributed by atoms with Gasteiger partial charge in [0, 0.05) is 25.2 Å². The van der Waals surface area contributed by atoms with E-state index in [0.29, 0.717) is 18.7 Å². The standard InChI is InChI=1S/C16H17ClN4O2/c17-15-12(10-19-20-16(15)23)18-8-7-14(22)21-9-3-5-11-4-1-2-6-13(11)21/h1-2,4,6,10H,3,5,7-9H2,(H2,18,20,23). The summed E-state index contributed by atoms with van der Waals surface area (Å²) in [5, 5.41) is 8.97. The summed E-state index contributed by atoms with van der Waals surface area (Å²) in [7, 11) is 0. The molecule has 0 saturated heterocycles. The van der Waals surface area contributed by atoms with Gasteiger partial charge in [0.2, 0.25) is 5.91 Å². The first-order chi connectivity index (χ1) is 11.2. The number of nitrogens with zero attached hydrogens (tertiary/aromatic N) is 2. The van der Waals surface area contributed by atoms with E-state index in [2.05, 4.69) is 21.6 Å². The number of aryl methyl sites for hydroxylation is 1. The number of hydrogen-bond acceptors (Lipinski definition) is 4. The van der Waals surface area contributed by atoms with E-state index in [1.54, 1.807) is 0 Å².